The average molecular weight is 198 g/mol. The number of amides is 4. The lowest BCUT2D eigenvalue weighted by Gasteiger charge is -2.17. The van der Waals surface area contributed by atoms with E-state index in [1.807, 2.05) is 0 Å². The number of nitrogens with two attached hydrogens (primary N) is 1. The van der Waals surface area contributed by atoms with Crippen LogP contribution in [0.1, 0.15) is 6.42 Å². The summed E-state index contributed by atoms with van der Waals surface area (Å²) in [5.74, 6) is -0.922. The highest BCUT2D eigenvalue weighted by molar-refractivity contribution is 6.08. The zero-order valence-corrected chi connectivity index (χ0v) is 7.29. The molecule has 14 heavy (non-hydrogen) atoms. The molecule has 1 spiro atoms. The van der Waals surface area contributed by atoms with Gasteiger partial charge in [-0.25, -0.2) is 4.79 Å². The van der Waals surface area contributed by atoms with Gasteiger partial charge in [-0.2, -0.15) is 0 Å². The molecule has 2 aliphatic rings. The van der Waals surface area contributed by atoms with Gasteiger partial charge in [-0.1, -0.05) is 0 Å². The van der Waals surface area contributed by atoms with Crippen molar-refractivity contribution in [1.82, 2.24) is 16.0 Å². The van der Waals surface area contributed by atoms with Crippen molar-refractivity contribution in [3.05, 3.63) is 0 Å². The van der Waals surface area contributed by atoms with E-state index in [9.17, 15) is 14.4 Å². The highest BCUT2D eigenvalue weighted by Crippen LogP contribution is 2.22. The van der Waals surface area contributed by atoms with Crippen molar-refractivity contribution in [3.8, 4) is 0 Å². The molecule has 7 heteroatoms. The number of carbonyl (C=O) groups is 3. The summed E-state index contributed by atoms with van der Waals surface area (Å²) < 4.78 is 0. The van der Waals surface area contributed by atoms with Gasteiger partial charge in [-0.05, 0) is 0 Å². The van der Waals surface area contributed by atoms with Crippen LogP contribution in [0.25, 0.3) is 0 Å². The van der Waals surface area contributed by atoms with E-state index in [0.717, 1.165) is 0 Å². The third-order valence-electron chi connectivity index (χ3n) is 2.56. The Hall–Kier alpha value is -1.63. The minimum atomic E-state index is -0.989. The summed E-state index contributed by atoms with van der Waals surface area (Å²) in [7, 11) is 0. The molecule has 2 rings (SSSR count). The largest absolute Gasteiger partial charge is 0.368 e. The van der Waals surface area contributed by atoms with Crippen molar-refractivity contribution in [3.63, 3.8) is 0 Å². The molecule has 0 unspecified atom stereocenters. The van der Waals surface area contributed by atoms with E-state index in [2.05, 4.69) is 16.0 Å². The van der Waals surface area contributed by atoms with Crippen LogP contribution in [0.15, 0.2) is 0 Å². The molecule has 2 heterocycles. The van der Waals surface area contributed by atoms with Crippen LogP contribution in [0.4, 0.5) is 4.79 Å². The monoisotopic (exact) mass is 198 g/mol. The second-order valence-corrected chi connectivity index (χ2v) is 3.53. The van der Waals surface area contributed by atoms with Gasteiger partial charge >= 0.3 is 6.03 Å². The SMILES string of the molecule is NC(=O)[C@@H]1C[C@@]2(CN1)NC(=O)NC2=O. The molecular weight excluding hydrogens is 188 g/mol. The highest BCUT2D eigenvalue weighted by Gasteiger charge is 2.52. The minimum absolute atomic E-state index is 0.208. The highest BCUT2D eigenvalue weighted by atomic mass is 16.2. The molecule has 2 atom stereocenters. The molecule has 4 amide bonds. The first kappa shape index (κ1) is 8.95. The van der Waals surface area contributed by atoms with Gasteiger partial charge < -0.3 is 16.4 Å². The maximum atomic E-state index is 11.4. The number of nitrogens with one attached hydrogen (secondary N) is 3. The number of imide groups is 1. The van der Waals surface area contributed by atoms with E-state index in [-0.39, 0.29) is 13.0 Å². The van der Waals surface area contributed by atoms with Crippen molar-refractivity contribution in [2.45, 2.75) is 18.0 Å². The molecule has 2 fully saturated rings. The smallest absolute Gasteiger partial charge is 0.322 e. The first-order chi connectivity index (χ1) is 6.53. The van der Waals surface area contributed by atoms with E-state index in [4.69, 9.17) is 5.73 Å². The lowest BCUT2D eigenvalue weighted by atomic mass is 9.96. The average Bonchev–Trinajstić information content (AvgIpc) is 2.59. The van der Waals surface area contributed by atoms with Gasteiger partial charge in [0, 0.05) is 13.0 Å². The second kappa shape index (κ2) is 2.68. The van der Waals surface area contributed by atoms with E-state index < -0.39 is 29.4 Å². The summed E-state index contributed by atoms with van der Waals surface area (Å²) in [6, 6.07) is -1.08. The van der Waals surface area contributed by atoms with Crippen LogP contribution in [0.5, 0.6) is 0 Å². The van der Waals surface area contributed by atoms with Gasteiger partial charge in [-0.3, -0.25) is 14.9 Å². The quantitative estimate of drug-likeness (QED) is 0.346. The standard InChI is InChI=1S/C7H10N4O3/c8-4(12)3-1-7(2-9-3)5(13)10-6(14)11-7/h3,9H,1-2H2,(H2,8,12)(H2,10,11,13,14)/t3-,7-/m0/s1. The lowest BCUT2D eigenvalue weighted by molar-refractivity contribution is -0.123. The molecule has 0 aromatic rings. The first-order valence-corrected chi connectivity index (χ1v) is 4.20. The van der Waals surface area contributed by atoms with Crippen LogP contribution in [0.3, 0.4) is 0 Å². The van der Waals surface area contributed by atoms with Crippen LogP contribution in [0, 0.1) is 0 Å². The second-order valence-electron chi connectivity index (χ2n) is 3.53. The van der Waals surface area contributed by atoms with Crippen LogP contribution in [-0.2, 0) is 9.59 Å². The van der Waals surface area contributed by atoms with Gasteiger partial charge in [0.05, 0.1) is 6.04 Å². The maximum absolute atomic E-state index is 11.4. The van der Waals surface area contributed by atoms with Crippen molar-refractivity contribution < 1.29 is 14.4 Å². The Morgan fingerprint density at radius 1 is 1.50 bits per heavy atom. The van der Waals surface area contributed by atoms with E-state index >= 15 is 0 Å². The summed E-state index contributed by atoms with van der Waals surface area (Å²) in [5.41, 5.74) is 4.09. The number of urea groups is 1. The Morgan fingerprint density at radius 2 is 2.21 bits per heavy atom. The van der Waals surface area contributed by atoms with E-state index in [1.165, 1.54) is 0 Å². The maximum Gasteiger partial charge on any atom is 0.322 e. The molecule has 2 aliphatic heterocycles. The van der Waals surface area contributed by atoms with Crippen molar-refractivity contribution in [1.29, 1.82) is 0 Å². The lowest BCUT2D eigenvalue weighted by Crippen LogP contribution is -2.48. The zero-order chi connectivity index (χ0) is 10.3. The normalized spacial score (nSPS) is 35.9. The molecule has 0 aromatic heterocycles. The fourth-order valence-corrected chi connectivity index (χ4v) is 1.79. The molecule has 2 saturated heterocycles. The summed E-state index contributed by atoms with van der Waals surface area (Å²) in [6.45, 7) is 0.234. The van der Waals surface area contributed by atoms with Crippen LogP contribution in [-0.4, -0.2) is 36.0 Å². The predicted molar refractivity (Wildman–Crippen MR) is 45.0 cm³/mol. The summed E-state index contributed by atoms with van der Waals surface area (Å²) in [6.07, 6.45) is 0.208. The first-order valence-electron chi connectivity index (χ1n) is 4.20. The zero-order valence-electron chi connectivity index (χ0n) is 7.29. The van der Waals surface area contributed by atoms with Crippen molar-refractivity contribution in [2.75, 3.05) is 6.54 Å². The third-order valence-corrected chi connectivity index (χ3v) is 2.56. The van der Waals surface area contributed by atoms with Gasteiger partial charge in [0.1, 0.15) is 5.54 Å². The number of hydrogen-bond donors (Lipinski definition) is 4. The molecule has 0 aromatic carbocycles. The molecule has 0 aliphatic carbocycles. The van der Waals surface area contributed by atoms with Gasteiger partial charge in [0.15, 0.2) is 0 Å². The van der Waals surface area contributed by atoms with Crippen molar-refractivity contribution >= 4 is 17.8 Å². The van der Waals surface area contributed by atoms with E-state index in [0.29, 0.717) is 0 Å². The Kier molecular flexibility index (Phi) is 1.71. The van der Waals surface area contributed by atoms with Gasteiger partial charge in [-0.15, -0.1) is 0 Å². The van der Waals surface area contributed by atoms with Gasteiger partial charge in [0.2, 0.25) is 5.91 Å². The molecule has 76 valence electrons. The van der Waals surface area contributed by atoms with Gasteiger partial charge in [0.25, 0.3) is 5.91 Å². The summed E-state index contributed by atoms with van der Waals surface area (Å²) >= 11 is 0. The summed E-state index contributed by atoms with van der Waals surface area (Å²) in [4.78, 5) is 33.1. The molecule has 7 nitrogen and oxygen atoms in total. The Morgan fingerprint density at radius 3 is 2.64 bits per heavy atom. The molecule has 5 N–H and O–H groups in total. The molecule has 0 radical (unpaired) electrons. The number of hydrogen-bond acceptors (Lipinski definition) is 4. The fraction of sp³-hybridized carbons (Fsp3) is 0.571. The number of rotatable bonds is 1. The van der Waals surface area contributed by atoms with Crippen LogP contribution < -0.4 is 21.7 Å². The van der Waals surface area contributed by atoms with Crippen LogP contribution in [0.2, 0.25) is 0 Å². The Bertz CT molecular complexity index is 329. The fourth-order valence-electron chi connectivity index (χ4n) is 1.79. The minimum Gasteiger partial charge on any atom is -0.368 e. The van der Waals surface area contributed by atoms with E-state index in [1.54, 1.807) is 0 Å². The van der Waals surface area contributed by atoms with Crippen LogP contribution >= 0.6 is 0 Å². The predicted octanol–water partition coefficient (Wildman–Crippen LogP) is -2.59. The van der Waals surface area contributed by atoms with Crippen molar-refractivity contribution in [2.24, 2.45) is 5.73 Å². The Labute approximate surface area is 79.4 Å². The third kappa shape index (κ3) is 1.13. The topological polar surface area (TPSA) is 113 Å². The number of primary amides is 1. The molecule has 0 saturated carbocycles. The Balaban J connectivity index is 2.17. The molecule has 0 bridgehead atoms. The summed E-state index contributed by atoms with van der Waals surface area (Å²) in [5, 5.41) is 7.41. The molecular formula is C7H10N4O3. The number of carbonyl (C=O) groups excluding carboxylic acids is 3.